The van der Waals surface area contributed by atoms with E-state index in [0.717, 1.165) is 30.7 Å². The van der Waals surface area contributed by atoms with Crippen molar-refractivity contribution in [2.45, 2.75) is 149 Å². The SMILES string of the molecule is CCCCCCCCCCCCCCCCCCOc1ccccc1CC(COP(=O)(O)OCC[N+](C)(C)CC)CC(=O)CCC. The van der Waals surface area contributed by atoms with Gasteiger partial charge in [0.25, 0.3) is 0 Å². The Kier molecular flexibility index (Phi) is 24.8. The van der Waals surface area contributed by atoms with E-state index in [1.807, 2.05) is 45.3 Å². The maximum Gasteiger partial charge on any atom is 0.472 e. The maximum absolute atomic E-state index is 12.6. The molecule has 1 aromatic carbocycles. The van der Waals surface area contributed by atoms with Crippen LogP contribution < -0.4 is 4.74 Å². The Morgan fingerprint density at radius 1 is 0.761 bits per heavy atom. The van der Waals surface area contributed by atoms with Crippen molar-refractivity contribution >= 4 is 13.6 Å². The minimum absolute atomic E-state index is 0.0251. The van der Waals surface area contributed by atoms with Gasteiger partial charge in [0.1, 0.15) is 24.7 Å². The van der Waals surface area contributed by atoms with Crippen molar-refractivity contribution < 1.29 is 32.5 Å². The molecule has 8 heteroatoms. The van der Waals surface area contributed by atoms with Crippen LogP contribution in [0.3, 0.4) is 0 Å². The number of phosphoric acid groups is 1. The molecule has 1 rings (SSSR count). The zero-order valence-corrected chi connectivity index (χ0v) is 31.3. The molecule has 268 valence electrons. The highest BCUT2D eigenvalue weighted by molar-refractivity contribution is 7.47. The van der Waals surface area contributed by atoms with Crippen molar-refractivity contribution in [3.63, 3.8) is 0 Å². The lowest BCUT2D eigenvalue weighted by molar-refractivity contribution is -0.888. The lowest BCUT2D eigenvalue weighted by Gasteiger charge is -2.28. The number of Topliss-reactive ketones (excluding diaryl/α,β-unsaturated/α-hetero) is 1. The van der Waals surface area contributed by atoms with Gasteiger partial charge < -0.3 is 14.1 Å². The molecule has 0 fully saturated rings. The van der Waals surface area contributed by atoms with Crippen molar-refractivity contribution in [1.29, 1.82) is 0 Å². The third-order valence-electron chi connectivity index (χ3n) is 9.06. The number of hydrogen-bond acceptors (Lipinski definition) is 5. The molecule has 0 radical (unpaired) electrons. The summed E-state index contributed by atoms with van der Waals surface area (Å²) in [6, 6.07) is 7.92. The number of ketones is 1. The number of nitrogens with zero attached hydrogens (tertiary/aromatic N) is 1. The summed E-state index contributed by atoms with van der Waals surface area (Å²) < 4.78 is 30.1. The molecule has 46 heavy (non-hydrogen) atoms. The number of carbonyl (C=O) groups excluding carboxylic acids is 1. The molecule has 0 saturated heterocycles. The summed E-state index contributed by atoms with van der Waals surface area (Å²) >= 11 is 0. The molecule has 7 nitrogen and oxygen atoms in total. The highest BCUT2D eigenvalue weighted by Gasteiger charge is 2.26. The van der Waals surface area contributed by atoms with Crippen molar-refractivity contribution in [2.75, 3.05) is 47.0 Å². The summed E-state index contributed by atoms with van der Waals surface area (Å²) in [6.07, 6.45) is 23.5. The second-order valence-electron chi connectivity index (χ2n) is 13.9. The summed E-state index contributed by atoms with van der Waals surface area (Å²) in [7, 11) is -0.132. The van der Waals surface area contributed by atoms with Crippen LogP contribution in [-0.4, -0.2) is 62.2 Å². The third-order valence-corrected chi connectivity index (χ3v) is 10.0. The molecular weight excluding hydrogens is 597 g/mol. The number of hydrogen-bond donors (Lipinski definition) is 1. The lowest BCUT2D eigenvalue weighted by Crippen LogP contribution is -2.41. The molecule has 0 bridgehead atoms. The van der Waals surface area contributed by atoms with Crippen LogP contribution in [0.15, 0.2) is 24.3 Å². The molecule has 0 aliphatic rings. The maximum atomic E-state index is 12.6. The fourth-order valence-electron chi connectivity index (χ4n) is 5.65. The van der Waals surface area contributed by atoms with E-state index >= 15 is 0 Å². The minimum Gasteiger partial charge on any atom is -0.493 e. The van der Waals surface area contributed by atoms with Gasteiger partial charge in [-0.2, -0.15) is 0 Å². The van der Waals surface area contributed by atoms with Crippen LogP contribution in [0.1, 0.15) is 148 Å². The topological polar surface area (TPSA) is 82.1 Å². The first-order valence-electron chi connectivity index (χ1n) is 18.8. The second kappa shape index (κ2) is 26.7. The predicted octanol–water partition coefficient (Wildman–Crippen LogP) is 10.5. The average molecular weight is 669 g/mol. The number of quaternary nitrogens is 1. The van der Waals surface area contributed by atoms with Gasteiger partial charge in [0.05, 0.1) is 33.9 Å². The van der Waals surface area contributed by atoms with Gasteiger partial charge in [-0.15, -0.1) is 0 Å². The van der Waals surface area contributed by atoms with E-state index in [1.165, 1.54) is 96.3 Å². The van der Waals surface area contributed by atoms with Crippen molar-refractivity contribution in [3.8, 4) is 5.75 Å². The molecule has 0 saturated carbocycles. The van der Waals surface area contributed by atoms with E-state index < -0.39 is 7.82 Å². The molecule has 2 unspecified atom stereocenters. The summed E-state index contributed by atoms with van der Waals surface area (Å²) in [5.74, 6) is 0.712. The van der Waals surface area contributed by atoms with Crippen LogP contribution in [-0.2, 0) is 24.8 Å². The van der Waals surface area contributed by atoms with Crippen LogP contribution in [0, 0.1) is 5.92 Å². The molecule has 0 spiro atoms. The molecule has 2 atom stereocenters. The molecular formula is C38H71NO6P+. The summed E-state index contributed by atoms with van der Waals surface area (Å²) in [6.45, 7) is 8.59. The second-order valence-corrected chi connectivity index (χ2v) is 15.3. The van der Waals surface area contributed by atoms with Gasteiger partial charge in [-0.1, -0.05) is 128 Å². The first-order valence-corrected chi connectivity index (χ1v) is 20.3. The largest absolute Gasteiger partial charge is 0.493 e. The van der Waals surface area contributed by atoms with Crippen LogP contribution in [0.2, 0.25) is 0 Å². The molecule has 0 aromatic heterocycles. The van der Waals surface area contributed by atoms with Crippen LogP contribution >= 0.6 is 7.82 Å². The first kappa shape index (κ1) is 42.8. The number of unbranched alkanes of at least 4 members (excludes halogenated alkanes) is 15. The van der Waals surface area contributed by atoms with Crippen molar-refractivity contribution in [3.05, 3.63) is 29.8 Å². The molecule has 0 aliphatic carbocycles. The number of para-hydroxylation sites is 1. The number of phosphoric ester groups is 1. The Bertz CT molecular complexity index is 940. The zero-order chi connectivity index (χ0) is 33.9. The Labute approximate surface area is 283 Å². The van der Waals surface area contributed by atoms with Crippen molar-refractivity contribution in [1.82, 2.24) is 0 Å². The normalized spacial score (nSPS) is 13.9. The summed E-state index contributed by atoms with van der Waals surface area (Å²) in [4.78, 5) is 22.9. The highest BCUT2D eigenvalue weighted by Crippen LogP contribution is 2.44. The first-order chi connectivity index (χ1) is 22.1. The van der Waals surface area contributed by atoms with Gasteiger partial charge in [0, 0.05) is 12.8 Å². The van der Waals surface area contributed by atoms with Crippen LogP contribution in [0.25, 0.3) is 0 Å². The van der Waals surface area contributed by atoms with Gasteiger partial charge >= 0.3 is 7.82 Å². The fourth-order valence-corrected chi connectivity index (χ4v) is 6.43. The van der Waals surface area contributed by atoms with E-state index in [4.69, 9.17) is 13.8 Å². The summed E-state index contributed by atoms with van der Waals surface area (Å²) in [5.41, 5.74) is 0.993. The number of rotatable bonds is 32. The van der Waals surface area contributed by atoms with E-state index in [9.17, 15) is 14.3 Å². The molecule has 0 heterocycles. The fraction of sp³-hybridized carbons (Fsp3) is 0.816. The Hall–Kier alpha value is -1.24. The van der Waals surface area contributed by atoms with Crippen LogP contribution in [0.4, 0.5) is 0 Å². The summed E-state index contributed by atoms with van der Waals surface area (Å²) in [5, 5.41) is 0. The van der Waals surface area contributed by atoms with E-state index in [2.05, 4.69) is 13.8 Å². The Balaban J connectivity index is 2.38. The molecule has 0 amide bonds. The monoisotopic (exact) mass is 669 g/mol. The van der Waals surface area contributed by atoms with Crippen molar-refractivity contribution in [2.24, 2.45) is 5.92 Å². The smallest absolute Gasteiger partial charge is 0.472 e. The molecule has 1 aromatic rings. The number of likely N-dealkylation sites (N-methyl/N-ethyl adjacent to an activating group) is 1. The predicted molar refractivity (Wildman–Crippen MR) is 192 cm³/mol. The molecule has 1 N–H and O–H groups in total. The van der Waals surface area contributed by atoms with Gasteiger partial charge in [-0.25, -0.2) is 4.57 Å². The van der Waals surface area contributed by atoms with Crippen LogP contribution in [0.5, 0.6) is 5.75 Å². The quantitative estimate of drug-likeness (QED) is 0.0467. The highest BCUT2D eigenvalue weighted by atomic mass is 31.2. The Morgan fingerprint density at radius 2 is 1.30 bits per heavy atom. The van der Waals surface area contributed by atoms with E-state index in [1.54, 1.807) is 0 Å². The van der Waals surface area contributed by atoms with E-state index in [0.29, 0.717) is 36.9 Å². The lowest BCUT2D eigenvalue weighted by atomic mass is 9.93. The van der Waals surface area contributed by atoms with Gasteiger partial charge in [-0.3, -0.25) is 13.8 Å². The van der Waals surface area contributed by atoms with Gasteiger partial charge in [0.15, 0.2) is 0 Å². The van der Waals surface area contributed by atoms with Gasteiger partial charge in [0.2, 0.25) is 0 Å². The Morgan fingerprint density at radius 3 is 1.85 bits per heavy atom. The third kappa shape index (κ3) is 23.1. The average Bonchev–Trinajstić information content (AvgIpc) is 3.02. The standard InChI is InChI=1S/C38H70NO6P/c1-6-9-10-11-12-13-14-15-16-17-18-19-20-21-22-25-30-43-38-28-24-23-27-36(38)32-35(33-37(40)26-7-2)34-45-46(41,42)44-31-29-39(4,5)8-3/h23-24,27-28,35H,6-22,25-26,29-34H2,1-5H3/p+1. The minimum atomic E-state index is -4.22. The zero-order valence-electron chi connectivity index (χ0n) is 30.4. The number of ether oxygens (including phenoxy) is 1. The van der Waals surface area contributed by atoms with Gasteiger partial charge in [-0.05, 0) is 43.7 Å². The van der Waals surface area contributed by atoms with E-state index in [-0.39, 0.29) is 24.9 Å². The molecule has 0 aliphatic heterocycles. The number of carbonyl (C=O) groups is 1. The number of benzene rings is 1.